The number of aromatic nitrogens is 2. The van der Waals surface area contributed by atoms with Gasteiger partial charge in [0.25, 0.3) is 0 Å². The van der Waals surface area contributed by atoms with Gasteiger partial charge in [-0.25, -0.2) is 4.98 Å². The van der Waals surface area contributed by atoms with E-state index in [1.807, 2.05) is 30.5 Å². The van der Waals surface area contributed by atoms with Gasteiger partial charge in [-0.15, -0.1) is 0 Å². The van der Waals surface area contributed by atoms with Crippen molar-refractivity contribution in [1.82, 2.24) is 9.38 Å². The first-order valence-corrected chi connectivity index (χ1v) is 6.78. The van der Waals surface area contributed by atoms with Crippen LogP contribution in [0.1, 0.15) is 5.56 Å². The Balaban J connectivity index is 2.24. The predicted molar refractivity (Wildman–Crippen MR) is 84.1 cm³/mol. The van der Waals surface area contributed by atoms with Crippen molar-refractivity contribution >= 4 is 11.5 Å². The number of pyridine rings is 1. The first-order chi connectivity index (χ1) is 10.7. The molecule has 0 unspecified atom stereocenters. The maximum Gasteiger partial charge on any atom is 0.144 e. The molecule has 2 aromatic heterocycles. The molecule has 0 radical (unpaired) electrons. The average Bonchev–Trinajstić information content (AvgIpc) is 2.91. The minimum Gasteiger partial charge on any atom is -0.497 e. The minimum absolute atomic E-state index is 0.0972. The number of ether oxygens (including phenoxy) is 2. The van der Waals surface area contributed by atoms with E-state index in [4.69, 9.17) is 15.2 Å². The number of nitrogen functional groups attached to an aromatic ring is 1. The lowest BCUT2D eigenvalue weighted by molar-refractivity contribution is 0.282. The third kappa shape index (κ3) is 2.14. The lowest BCUT2D eigenvalue weighted by Gasteiger charge is -2.09. The number of aliphatic hydroxyl groups excluding tert-OH is 1. The number of benzene rings is 1. The van der Waals surface area contributed by atoms with Crippen LogP contribution in [-0.4, -0.2) is 28.7 Å². The van der Waals surface area contributed by atoms with Crippen molar-refractivity contribution in [1.29, 1.82) is 0 Å². The maximum absolute atomic E-state index is 9.44. The maximum atomic E-state index is 9.44. The van der Waals surface area contributed by atoms with E-state index in [9.17, 15) is 5.11 Å². The van der Waals surface area contributed by atoms with E-state index in [0.29, 0.717) is 34.2 Å². The molecule has 2 heterocycles. The van der Waals surface area contributed by atoms with Gasteiger partial charge in [0.2, 0.25) is 0 Å². The zero-order valence-corrected chi connectivity index (χ0v) is 12.4. The van der Waals surface area contributed by atoms with Crippen molar-refractivity contribution in [2.24, 2.45) is 0 Å². The van der Waals surface area contributed by atoms with Gasteiger partial charge in [0, 0.05) is 23.4 Å². The van der Waals surface area contributed by atoms with E-state index in [-0.39, 0.29) is 6.61 Å². The average molecular weight is 299 g/mol. The Hall–Kier alpha value is -2.73. The number of methoxy groups -OCH3 is 2. The summed E-state index contributed by atoms with van der Waals surface area (Å²) in [4.78, 5) is 4.57. The van der Waals surface area contributed by atoms with E-state index >= 15 is 0 Å². The summed E-state index contributed by atoms with van der Waals surface area (Å²) >= 11 is 0. The van der Waals surface area contributed by atoms with E-state index in [2.05, 4.69) is 4.98 Å². The van der Waals surface area contributed by atoms with Crippen molar-refractivity contribution < 1.29 is 14.6 Å². The van der Waals surface area contributed by atoms with Crippen LogP contribution < -0.4 is 15.2 Å². The molecule has 0 saturated heterocycles. The number of aliphatic hydroxyl groups is 1. The fourth-order valence-electron chi connectivity index (χ4n) is 2.46. The quantitative estimate of drug-likeness (QED) is 0.771. The third-order valence-corrected chi connectivity index (χ3v) is 3.60. The number of nitrogens with two attached hydrogens (primary N) is 1. The van der Waals surface area contributed by atoms with E-state index in [1.165, 1.54) is 0 Å². The number of fused-ring (bicyclic) bond motifs is 1. The molecule has 0 atom stereocenters. The van der Waals surface area contributed by atoms with Crippen LogP contribution in [0.4, 0.5) is 5.82 Å². The van der Waals surface area contributed by atoms with Crippen LogP contribution in [0.15, 0.2) is 36.5 Å². The molecular formula is C16H17N3O3. The van der Waals surface area contributed by atoms with Gasteiger partial charge in [-0.05, 0) is 18.2 Å². The van der Waals surface area contributed by atoms with Crippen LogP contribution >= 0.6 is 0 Å². The smallest absolute Gasteiger partial charge is 0.144 e. The van der Waals surface area contributed by atoms with Crippen molar-refractivity contribution in [3.05, 3.63) is 42.1 Å². The number of nitrogens with zero attached hydrogens (tertiary/aromatic N) is 2. The van der Waals surface area contributed by atoms with Gasteiger partial charge in [0.05, 0.1) is 20.8 Å². The number of imidazole rings is 1. The summed E-state index contributed by atoms with van der Waals surface area (Å²) in [6, 6.07) is 9.11. The van der Waals surface area contributed by atoms with Crippen LogP contribution in [0.3, 0.4) is 0 Å². The fourth-order valence-corrected chi connectivity index (χ4v) is 2.46. The molecule has 3 N–H and O–H groups in total. The molecule has 114 valence electrons. The van der Waals surface area contributed by atoms with Crippen LogP contribution in [0.5, 0.6) is 11.5 Å². The van der Waals surface area contributed by atoms with Gasteiger partial charge in [-0.2, -0.15) is 0 Å². The molecule has 6 heteroatoms. The summed E-state index contributed by atoms with van der Waals surface area (Å²) in [5, 5.41) is 9.44. The second-order valence-electron chi connectivity index (χ2n) is 4.80. The van der Waals surface area contributed by atoms with Crippen molar-refractivity contribution in [3.8, 4) is 22.8 Å². The summed E-state index contributed by atoms with van der Waals surface area (Å²) in [6.07, 6.45) is 1.82. The zero-order chi connectivity index (χ0) is 15.7. The predicted octanol–water partition coefficient (Wildman–Crippen LogP) is 2.09. The van der Waals surface area contributed by atoms with Crippen molar-refractivity contribution in [3.63, 3.8) is 0 Å². The van der Waals surface area contributed by atoms with Crippen LogP contribution in [-0.2, 0) is 6.61 Å². The summed E-state index contributed by atoms with van der Waals surface area (Å²) in [6.45, 7) is -0.0972. The van der Waals surface area contributed by atoms with Gasteiger partial charge in [0.15, 0.2) is 0 Å². The van der Waals surface area contributed by atoms with Crippen LogP contribution in [0, 0.1) is 0 Å². The second-order valence-corrected chi connectivity index (χ2v) is 4.80. The monoisotopic (exact) mass is 299 g/mol. The molecule has 0 spiro atoms. The molecule has 0 aliphatic carbocycles. The Morgan fingerprint density at radius 1 is 1.23 bits per heavy atom. The van der Waals surface area contributed by atoms with Gasteiger partial charge in [-0.3, -0.25) is 4.40 Å². The molecule has 22 heavy (non-hydrogen) atoms. The first kappa shape index (κ1) is 14.2. The Kier molecular flexibility index (Phi) is 3.60. The molecule has 0 fully saturated rings. The van der Waals surface area contributed by atoms with E-state index in [1.54, 1.807) is 24.7 Å². The molecular weight excluding hydrogens is 282 g/mol. The second kappa shape index (κ2) is 5.57. The lowest BCUT2D eigenvalue weighted by atomic mass is 10.1. The highest BCUT2D eigenvalue weighted by atomic mass is 16.5. The third-order valence-electron chi connectivity index (χ3n) is 3.60. The van der Waals surface area contributed by atoms with Crippen LogP contribution in [0.2, 0.25) is 0 Å². The topological polar surface area (TPSA) is 82.0 Å². The number of hydrogen-bond donors (Lipinski definition) is 2. The summed E-state index contributed by atoms with van der Waals surface area (Å²) in [7, 11) is 3.19. The summed E-state index contributed by atoms with van der Waals surface area (Å²) < 4.78 is 12.4. The van der Waals surface area contributed by atoms with E-state index in [0.717, 1.165) is 5.56 Å². The molecule has 0 aliphatic heterocycles. The molecule has 3 rings (SSSR count). The first-order valence-electron chi connectivity index (χ1n) is 6.78. The van der Waals surface area contributed by atoms with Gasteiger partial charge in [-0.1, -0.05) is 6.07 Å². The van der Waals surface area contributed by atoms with Gasteiger partial charge < -0.3 is 20.3 Å². The van der Waals surface area contributed by atoms with E-state index < -0.39 is 0 Å². The highest BCUT2D eigenvalue weighted by molar-refractivity contribution is 5.80. The molecule has 0 amide bonds. The Morgan fingerprint density at radius 2 is 2.05 bits per heavy atom. The molecule has 0 aliphatic rings. The summed E-state index contributed by atoms with van der Waals surface area (Å²) in [5.41, 5.74) is 8.95. The van der Waals surface area contributed by atoms with Crippen molar-refractivity contribution in [2.75, 3.05) is 20.0 Å². The number of rotatable bonds is 4. The molecule has 0 saturated carbocycles. The standard InChI is InChI=1S/C16H17N3O3/c1-21-11-5-6-12(13(8-11)22-2)14-15(17)19-7-3-4-10(9-20)16(19)18-14/h3-8,20H,9,17H2,1-2H3. The molecule has 3 aromatic rings. The normalized spacial score (nSPS) is 10.9. The van der Waals surface area contributed by atoms with Gasteiger partial charge >= 0.3 is 0 Å². The molecule has 0 bridgehead atoms. The molecule has 1 aromatic carbocycles. The zero-order valence-electron chi connectivity index (χ0n) is 12.4. The Morgan fingerprint density at radius 3 is 2.73 bits per heavy atom. The highest BCUT2D eigenvalue weighted by Crippen LogP contribution is 2.36. The largest absolute Gasteiger partial charge is 0.497 e. The minimum atomic E-state index is -0.0972. The van der Waals surface area contributed by atoms with Crippen molar-refractivity contribution in [2.45, 2.75) is 6.61 Å². The number of anilines is 1. The Labute approximate surface area is 127 Å². The highest BCUT2D eigenvalue weighted by Gasteiger charge is 2.17. The van der Waals surface area contributed by atoms with Gasteiger partial charge in [0.1, 0.15) is 28.7 Å². The Bertz CT molecular complexity index is 827. The fraction of sp³-hybridized carbons (Fsp3) is 0.188. The molecule has 6 nitrogen and oxygen atoms in total. The SMILES string of the molecule is COc1ccc(-c2nc3c(CO)cccn3c2N)c(OC)c1. The lowest BCUT2D eigenvalue weighted by Crippen LogP contribution is -1.96. The number of hydrogen-bond acceptors (Lipinski definition) is 5. The van der Waals surface area contributed by atoms with Crippen LogP contribution in [0.25, 0.3) is 16.9 Å². The summed E-state index contributed by atoms with van der Waals surface area (Å²) in [5.74, 6) is 1.81.